The van der Waals surface area contributed by atoms with E-state index < -0.39 is 0 Å². The monoisotopic (exact) mass is 397 g/mol. The highest BCUT2D eigenvalue weighted by Crippen LogP contribution is 2.40. The van der Waals surface area contributed by atoms with Crippen molar-refractivity contribution in [3.05, 3.63) is 140 Å². The van der Waals surface area contributed by atoms with E-state index in [1.165, 1.54) is 22.3 Å². The van der Waals surface area contributed by atoms with Crippen molar-refractivity contribution in [2.24, 2.45) is 0 Å². The molecule has 0 amide bonds. The van der Waals surface area contributed by atoms with Gasteiger partial charge in [0, 0.05) is 16.9 Å². The van der Waals surface area contributed by atoms with Crippen LogP contribution in [0, 0.1) is 0 Å². The zero-order valence-corrected chi connectivity index (χ0v) is 17.2. The van der Waals surface area contributed by atoms with Crippen LogP contribution in [-0.4, -0.2) is 0 Å². The Labute approximate surface area is 183 Å². The number of nitrogens with zero attached hydrogens (tertiary/aromatic N) is 1. The van der Waals surface area contributed by atoms with Gasteiger partial charge in [-0.15, -0.1) is 0 Å². The molecule has 0 aliphatic carbocycles. The summed E-state index contributed by atoms with van der Waals surface area (Å²) < 4.78 is 0. The summed E-state index contributed by atoms with van der Waals surface area (Å²) in [7, 11) is 0. The number of anilines is 3. The summed E-state index contributed by atoms with van der Waals surface area (Å²) in [5, 5.41) is 0. The lowest BCUT2D eigenvalue weighted by atomic mass is 10.0. The van der Waals surface area contributed by atoms with E-state index in [2.05, 4.69) is 144 Å². The Morgan fingerprint density at radius 2 is 0.774 bits per heavy atom. The van der Waals surface area contributed by atoms with Gasteiger partial charge in [0.1, 0.15) is 0 Å². The molecular formula is C30H23N. The van der Waals surface area contributed by atoms with Gasteiger partial charge >= 0.3 is 0 Å². The van der Waals surface area contributed by atoms with E-state index in [9.17, 15) is 0 Å². The summed E-state index contributed by atoms with van der Waals surface area (Å²) in [5.41, 5.74) is 8.29. The van der Waals surface area contributed by atoms with Gasteiger partial charge in [-0.1, -0.05) is 109 Å². The Hall–Kier alpha value is -4.10. The van der Waals surface area contributed by atoms with Crippen LogP contribution in [-0.2, 0) is 0 Å². The molecule has 0 heterocycles. The van der Waals surface area contributed by atoms with Gasteiger partial charge in [0.05, 0.1) is 5.69 Å². The first kappa shape index (κ1) is 18.9. The SMILES string of the molecule is c1ccc(-c2ccc(N(c3ccccc3)c3ccccc3-c3ccccc3)cc2)cc1. The number of para-hydroxylation sites is 2. The van der Waals surface area contributed by atoms with Gasteiger partial charge in [0.2, 0.25) is 0 Å². The number of rotatable bonds is 5. The van der Waals surface area contributed by atoms with Gasteiger partial charge in [-0.25, -0.2) is 0 Å². The quantitative estimate of drug-likeness (QED) is 0.287. The lowest BCUT2D eigenvalue weighted by Gasteiger charge is -2.28. The third kappa shape index (κ3) is 3.99. The van der Waals surface area contributed by atoms with Crippen molar-refractivity contribution < 1.29 is 0 Å². The molecular weight excluding hydrogens is 374 g/mol. The van der Waals surface area contributed by atoms with Gasteiger partial charge in [0.15, 0.2) is 0 Å². The summed E-state index contributed by atoms with van der Waals surface area (Å²) in [6.07, 6.45) is 0. The average Bonchev–Trinajstić information content (AvgIpc) is 2.87. The van der Waals surface area contributed by atoms with E-state index in [0.29, 0.717) is 0 Å². The Balaban J connectivity index is 1.64. The highest BCUT2D eigenvalue weighted by atomic mass is 15.1. The van der Waals surface area contributed by atoms with Gasteiger partial charge in [-0.05, 0) is 47.0 Å². The summed E-state index contributed by atoms with van der Waals surface area (Å²) in [6.45, 7) is 0. The molecule has 1 nitrogen and oxygen atoms in total. The van der Waals surface area contributed by atoms with Gasteiger partial charge < -0.3 is 4.90 Å². The first-order chi connectivity index (χ1) is 15.4. The number of hydrogen-bond acceptors (Lipinski definition) is 1. The first-order valence-corrected chi connectivity index (χ1v) is 10.6. The average molecular weight is 398 g/mol. The first-order valence-electron chi connectivity index (χ1n) is 10.6. The van der Waals surface area contributed by atoms with E-state index >= 15 is 0 Å². The second-order valence-electron chi connectivity index (χ2n) is 7.47. The number of hydrogen-bond donors (Lipinski definition) is 0. The second kappa shape index (κ2) is 8.73. The maximum Gasteiger partial charge on any atom is 0.0540 e. The molecule has 5 aromatic carbocycles. The molecule has 0 radical (unpaired) electrons. The van der Waals surface area contributed by atoms with Crippen molar-refractivity contribution in [3.8, 4) is 22.3 Å². The fraction of sp³-hybridized carbons (Fsp3) is 0. The van der Waals surface area contributed by atoms with Crippen molar-refractivity contribution in [2.75, 3.05) is 4.90 Å². The third-order valence-electron chi connectivity index (χ3n) is 5.48. The van der Waals surface area contributed by atoms with E-state index in [1.54, 1.807) is 0 Å². The van der Waals surface area contributed by atoms with Crippen molar-refractivity contribution in [3.63, 3.8) is 0 Å². The molecule has 0 N–H and O–H groups in total. The minimum atomic E-state index is 1.13. The van der Waals surface area contributed by atoms with Gasteiger partial charge in [-0.3, -0.25) is 0 Å². The molecule has 5 rings (SSSR count). The Bertz CT molecular complexity index is 1240. The molecule has 0 atom stereocenters. The molecule has 0 spiro atoms. The summed E-state index contributed by atoms with van der Waals surface area (Å²) in [4.78, 5) is 2.33. The van der Waals surface area contributed by atoms with Crippen LogP contribution >= 0.6 is 0 Å². The molecule has 5 aromatic rings. The van der Waals surface area contributed by atoms with E-state index in [1.807, 2.05) is 0 Å². The van der Waals surface area contributed by atoms with Crippen molar-refractivity contribution in [1.29, 1.82) is 0 Å². The van der Waals surface area contributed by atoms with Crippen LogP contribution in [0.25, 0.3) is 22.3 Å². The van der Waals surface area contributed by atoms with Gasteiger partial charge in [0.25, 0.3) is 0 Å². The van der Waals surface area contributed by atoms with E-state index in [4.69, 9.17) is 0 Å². The Kier molecular flexibility index (Phi) is 5.32. The Morgan fingerprint density at radius 3 is 1.42 bits per heavy atom. The zero-order valence-electron chi connectivity index (χ0n) is 17.2. The topological polar surface area (TPSA) is 3.24 Å². The lowest BCUT2D eigenvalue weighted by Crippen LogP contribution is -2.11. The molecule has 0 aliphatic heterocycles. The minimum Gasteiger partial charge on any atom is -0.310 e. The van der Waals surface area contributed by atoms with Crippen LogP contribution in [0.15, 0.2) is 140 Å². The van der Waals surface area contributed by atoms with Crippen LogP contribution in [0.1, 0.15) is 0 Å². The normalized spacial score (nSPS) is 10.6. The van der Waals surface area contributed by atoms with E-state index in [0.717, 1.165) is 17.1 Å². The molecule has 0 fully saturated rings. The van der Waals surface area contributed by atoms with Crippen molar-refractivity contribution >= 4 is 17.1 Å². The molecule has 0 saturated carbocycles. The molecule has 0 unspecified atom stereocenters. The predicted octanol–water partition coefficient (Wildman–Crippen LogP) is 8.49. The van der Waals surface area contributed by atoms with E-state index in [-0.39, 0.29) is 0 Å². The number of benzene rings is 5. The summed E-state index contributed by atoms with van der Waals surface area (Å²) in [6, 6.07) is 49.0. The smallest absolute Gasteiger partial charge is 0.0540 e. The molecule has 0 aliphatic rings. The van der Waals surface area contributed by atoms with Crippen LogP contribution in [0.4, 0.5) is 17.1 Å². The predicted molar refractivity (Wildman–Crippen MR) is 132 cm³/mol. The fourth-order valence-electron chi connectivity index (χ4n) is 3.97. The van der Waals surface area contributed by atoms with Crippen LogP contribution < -0.4 is 4.90 Å². The zero-order chi connectivity index (χ0) is 20.9. The largest absolute Gasteiger partial charge is 0.310 e. The fourth-order valence-corrected chi connectivity index (χ4v) is 3.97. The second-order valence-corrected chi connectivity index (χ2v) is 7.47. The molecule has 1 heteroatoms. The molecule has 148 valence electrons. The van der Waals surface area contributed by atoms with Crippen molar-refractivity contribution in [2.45, 2.75) is 0 Å². The van der Waals surface area contributed by atoms with Crippen LogP contribution in [0.2, 0.25) is 0 Å². The summed E-state index contributed by atoms with van der Waals surface area (Å²) >= 11 is 0. The molecule has 0 saturated heterocycles. The van der Waals surface area contributed by atoms with Crippen LogP contribution in [0.3, 0.4) is 0 Å². The molecule has 0 bridgehead atoms. The molecule has 31 heavy (non-hydrogen) atoms. The minimum absolute atomic E-state index is 1.13. The molecule has 0 aromatic heterocycles. The highest BCUT2D eigenvalue weighted by molar-refractivity contribution is 5.88. The third-order valence-corrected chi connectivity index (χ3v) is 5.48. The van der Waals surface area contributed by atoms with Gasteiger partial charge in [-0.2, -0.15) is 0 Å². The standard InChI is InChI=1S/C30H23N/c1-4-12-24(13-5-1)25-20-22-28(23-21-25)31(27-16-8-3-9-17-27)30-19-11-10-18-29(30)26-14-6-2-7-15-26/h1-23H. The maximum absolute atomic E-state index is 2.33. The van der Waals surface area contributed by atoms with Crippen molar-refractivity contribution in [1.82, 2.24) is 0 Å². The lowest BCUT2D eigenvalue weighted by molar-refractivity contribution is 1.28. The highest BCUT2D eigenvalue weighted by Gasteiger charge is 2.16. The maximum atomic E-state index is 2.33. The Morgan fingerprint density at radius 1 is 0.323 bits per heavy atom. The van der Waals surface area contributed by atoms with Crippen LogP contribution in [0.5, 0.6) is 0 Å². The summed E-state index contributed by atoms with van der Waals surface area (Å²) in [5.74, 6) is 0.